The van der Waals surface area contributed by atoms with Gasteiger partial charge in [-0.25, -0.2) is 0 Å². The van der Waals surface area contributed by atoms with Crippen molar-refractivity contribution in [2.24, 2.45) is 0 Å². The molecule has 240 valence electrons. The molecule has 0 radical (unpaired) electrons. The number of carbonyl (C=O) groups is 2. The van der Waals surface area contributed by atoms with Crippen LogP contribution in [0.4, 0.5) is 0 Å². The van der Waals surface area contributed by atoms with Crippen LogP contribution in [0.15, 0.2) is 48.5 Å². The standard InChI is InChI=1S/C33H57O2.C5H5.Fe/c1-3-5-7-9-11-13-15-17-19-21-23-28-32(34)30-26-25-27-31(30)33(35)29-24-22-20-18-16-14-12-10-8-6-4-2;1-2-4-5-3-1;/h25-27H,3-24,28-29H2,1-2H3;1-5H;/q-1;-5;. The Labute approximate surface area is 265 Å². The van der Waals surface area contributed by atoms with Crippen molar-refractivity contribution in [2.75, 3.05) is 0 Å². The van der Waals surface area contributed by atoms with E-state index in [0.717, 1.165) is 25.7 Å². The molecule has 0 saturated carbocycles. The Morgan fingerprint density at radius 3 is 1.27 bits per heavy atom. The molecular weight excluding hydrogens is 544 g/mol. The van der Waals surface area contributed by atoms with E-state index >= 15 is 0 Å². The van der Waals surface area contributed by atoms with Crippen LogP contribution in [-0.4, -0.2) is 11.6 Å². The van der Waals surface area contributed by atoms with Crippen LogP contribution in [0.1, 0.15) is 189 Å². The number of Topliss-reactive ketones (excluding diaryl/α,β-unsaturated/α-hetero) is 2. The summed E-state index contributed by atoms with van der Waals surface area (Å²) in [6.45, 7) is 4.53. The maximum absolute atomic E-state index is 12.7. The van der Waals surface area contributed by atoms with E-state index in [0.29, 0.717) is 24.0 Å². The Morgan fingerprint density at radius 1 is 0.537 bits per heavy atom. The Morgan fingerprint density at radius 2 is 0.878 bits per heavy atom. The molecule has 0 aliphatic heterocycles. The Hall–Kier alpha value is -1.44. The molecule has 0 bridgehead atoms. The third kappa shape index (κ3) is 22.8. The zero-order valence-electron chi connectivity index (χ0n) is 26.8. The molecule has 2 aromatic rings. The summed E-state index contributed by atoms with van der Waals surface area (Å²) in [5.74, 6) is 0.321. The van der Waals surface area contributed by atoms with Crippen LogP contribution in [0.3, 0.4) is 0 Å². The Bertz CT molecular complexity index is 734. The van der Waals surface area contributed by atoms with Gasteiger partial charge in [-0.15, -0.1) is 11.6 Å². The van der Waals surface area contributed by atoms with Crippen molar-refractivity contribution in [1.82, 2.24) is 0 Å². The van der Waals surface area contributed by atoms with Crippen LogP contribution in [-0.2, 0) is 17.1 Å². The van der Waals surface area contributed by atoms with E-state index < -0.39 is 0 Å². The number of carbonyl (C=O) groups excluding carboxylic acids is 2. The van der Waals surface area contributed by atoms with E-state index in [2.05, 4.69) is 13.8 Å². The maximum atomic E-state index is 12.7. The minimum absolute atomic E-state index is 0. The Kier molecular flexibility index (Phi) is 29.0. The summed E-state index contributed by atoms with van der Waals surface area (Å²) in [5, 5.41) is 0. The fourth-order valence-corrected chi connectivity index (χ4v) is 5.40. The third-order valence-corrected chi connectivity index (χ3v) is 7.99. The quantitative estimate of drug-likeness (QED) is 0.0462. The molecule has 0 unspecified atom stereocenters. The normalized spacial score (nSPS) is 10.6. The predicted octanol–water partition coefficient (Wildman–Crippen LogP) is 12.6. The number of unbranched alkanes of at least 4 members (excludes halogenated alkanes) is 20. The monoisotopic (exact) mass is 606 g/mol. The minimum atomic E-state index is 0. The van der Waals surface area contributed by atoms with Crippen LogP contribution in [0.25, 0.3) is 0 Å². The largest absolute Gasteiger partial charge is 0.748 e. The fraction of sp³-hybridized carbons (Fsp3) is 0.684. The van der Waals surface area contributed by atoms with Gasteiger partial charge in [0.15, 0.2) is 0 Å². The summed E-state index contributed by atoms with van der Waals surface area (Å²) < 4.78 is 0. The van der Waals surface area contributed by atoms with Gasteiger partial charge in [-0.1, -0.05) is 154 Å². The molecule has 0 heterocycles. The van der Waals surface area contributed by atoms with Gasteiger partial charge in [-0.05, 0) is 12.8 Å². The molecule has 0 N–H and O–H groups in total. The van der Waals surface area contributed by atoms with E-state index in [4.69, 9.17) is 0 Å². The van der Waals surface area contributed by atoms with Crippen molar-refractivity contribution in [1.29, 1.82) is 0 Å². The van der Waals surface area contributed by atoms with Crippen LogP contribution < -0.4 is 0 Å². The van der Waals surface area contributed by atoms with Crippen LogP contribution in [0, 0.1) is 0 Å². The van der Waals surface area contributed by atoms with Gasteiger partial charge < -0.3 is 39.9 Å². The van der Waals surface area contributed by atoms with E-state index in [1.165, 1.54) is 116 Å². The second kappa shape index (κ2) is 30.0. The van der Waals surface area contributed by atoms with Crippen LogP contribution >= 0.6 is 0 Å². The zero-order chi connectivity index (χ0) is 28.9. The van der Waals surface area contributed by atoms with Crippen molar-refractivity contribution in [3.05, 3.63) is 59.7 Å². The maximum Gasteiger partial charge on any atom is 0.122 e. The summed E-state index contributed by atoms with van der Waals surface area (Å²) in [6, 6.07) is 15.6. The first-order valence-electron chi connectivity index (χ1n) is 17.2. The van der Waals surface area contributed by atoms with Gasteiger partial charge in [0.05, 0.1) is 5.78 Å². The molecular formula is C38H62FeO2-6. The summed E-state index contributed by atoms with van der Waals surface area (Å²) in [5.41, 5.74) is 1.34. The number of rotatable bonds is 26. The molecule has 0 saturated heterocycles. The van der Waals surface area contributed by atoms with Gasteiger partial charge in [-0.3, -0.25) is 0 Å². The molecule has 0 aliphatic carbocycles. The number of hydrogen-bond donors (Lipinski definition) is 0. The molecule has 2 aromatic carbocycles. The second-order valence-electron chi connectivity index (χ2n) is 11.7. The molecule has 0 atom stereocenters. The third-order valence-electron chi connectivity index (χ3n) is 7.99. The molecule has 2 rings (SSSR count). The van der Waals surface area contributed by atoms with Crippen molar-refractivity contribution in [3.8, 4) is 0 Å². The van der Waals surface area contributed by atoms with Gasteiger partial charge in [0.1, 0.15) is 5.78 Å². The summed E-state index contributed by atoms with van der Waals surface area (Å²) >= 11 is 0. The molecule has 3 heteroatoms. The van der Waals surface area contributed by atoms with Crippen molar-refractivity contribution < 1.29 is 26.7 Å². The van der Waals surface area contributed by atoms with Gasteiger partial charge in [-0.2, -0.15) is 12.1 Å². The first-order chi connectivity index (χ1) is 19.7. The van der Waals surface area contributed by atoms with Crippen LogP contribution in [0.2, 0.25) is 0 Å². The summed E-state index contributed by atoms with van der Waals surface area (Å²) in [7, 11) is 0. The topological polar surface area (TPSA) is 34.1 Å². The van der Waals surface area contributed by atoms with Crippen molar-refractivity contribution in [3.63, 3.8) is 0 Å². The summed E-state index contributed by atoms with van der Waals surface area (Å²) in [6.07, 6.45) is 29.5. The SMILES string of the molecule is CCCCCCCCCCCCCC(=O)c1ccc[c-]1C(=O)CCCCCCCCCCCCC.[Fe].[cH-]1[cH-][cH-][cH-][cH-]1. The zero-order valence-corrected chi connectivity index (χ0v) is 27.9. The van der Waals surface area contributed by atoms with Gasteiger partial charge in [0, 0.05) is 23.5 Å². The van der Waals surface area contributed by atoms with Crippen LogP contribution in [0.5, 0.6) is 0 Å². The van der Waals surface area contributed by atoms with E-state index in [9.17, 15) is 9.59 Å². The molecule has 0 aliphatic rings. The van der Waals surface area contributed by atoms with Gasteiger partial charge in [0.2, 0.25) is 0 Å². The van der Waals surface area contributed by atoms with Gasteiger partial charge in [0.25, 0.3) is 0 Å². The number of hydrogen-bond acceptors (Lipinski definition) is 2. The Balaban J connectivity index is 0.00000239. The fourth-order valence-electron chi connectivity index (χ4n) is 5.40. The van der Waals surface area contributed by atoms with E-state index in [1.807, 2.05) is 48.5 Å². The first-order valence-corrected chi connectivity index (χ1v) is 17.2. The molecule has 0 amide bonds. The molecule has 0 aromatic heterocycles. The van der Waals surface area contributed by atoms with Gasteiger partial charge >= 0.3 is 0 Å². The van der Waals surface area contributed by atoms with Crippen molar-refractivity contribution in [2.45, 2.75) is 168 Å². The van der Waals surface area contributed by atoms with E-state index in [1.54, 1.807) is 0 Å². The predicted molar refractivity (Wildman–Crippen MR) is 175 cm³/mol. The minimum Gasteiger partial charge on any atom is -0.748 e. The second-order valence-corrected chi connectivity index (χ2v) is 11.7. The first kappa shape index (κ1) is 39.6. The molecule has 2 nitrogen and oxygen atoms in total. The molecule has 0 spiro atoms. The smallest absolute Gasteiger partial charge is 0.122 e. The average Bonchev–Trinajstić information content (AvgIpc) is 3.70. The molecule has 41 heavy (non-hydrogen) atoms. The van der Waals surface area contributed by atoms with Crippen molar-refractivity contribution >= 4 is 11.6 Å². The van der Waals surface area contributed by atoms with E-state index in [-0.39, 0.29) is 28.6 Å². The number of ketones is 2. The molecule has 0 fully saturated rings. The average molecular weight is 607 g/mol. The summed E-state index contributed by atoms with van der Waals surface area (Å²) in [4.78, 5) is 25.4.